The lowest BCUT2D eigenvalue weighted by Gasteiger charge is -2.02. The molecule has 14 heavy (non-hydrogen) atoms. The highest BCUT2D eigenvalue weighted by molar-refractivity contribution is 5.67. The predicted molar refractivity (Wildman–Crippen MR) is 52.1 cm³/mol. The first-order valence-electron chi connectivity index (χ1n) is 4.30. The molecule has 1 N–H and O–H groups in total. The van der Waals surface area contributed by atoms with E-state index in [0.717, 1.165) is 22.8 Å². The van der Waals surface area contributed by atoms with Gasteiger partial charge in [-0.15, -0.1) is 0 Å². The zero-order chi connectivity index (χ0) is 10.1. The normalized spacial score (nSPS) is 10.5. The Labute approximate surface area is 81.7 Å². The number of aromatic amines is 1. The Kier molecular flexibility index (Phi) is 1.99. The van der Waals surface area contributed by atoms with E-state index in [1.54, 1.807) is 24.3 Å². The summed E-state index contributed by atoms with van der Waals surface area (Å²) < 4.78 is 6.99. The molecule has 0 aliphatic heterocycles. The molecule has 0 saturated heterocycles. The van der Waals surface area contributed by atoms with E-state index in [4.69, 9.17) is 4.74 Å². The minimum absolute atomic E-state index is 0.742. The summed E-state index contributed by atoms with van der Waals surface area (Å²) in [6.45, 7) is 1.94. The smallest absolute Gasteiger partial charge is 0.221 e. The van der Waals surface area contributed by atoms with Gasteiger partial charge < -0.3 is 9.72 Å². The Hall–Kier alpha value is -1.78. The summed E-state index contributed by atoms with van der Waals surface area (Å²) in [7, 11) is 3.49. The van der Waals surface area contributed by atoms with E-state index >= 15 is 0 Å². The van der Waals surface area contributed by atoms with Gasteiger partial charge in [-0.3, -0.25) is 0 Å². The zero-order valence-electron chi connectivity index (χ0n) is 8.40. The molecule has 5 heteroatoms. The zero-order valence-corrected chi connectivity index (χ0v) is 8.40. The predicted octanol–water partition coefficient (Wildman–Crippen LogP) is 1.13. The van der Waals surface area contributed by atoms with Crippen molar-refractivity contribution in [1.82, 2.24) is 19.7 Å². The highest BCUT2D eigenvalue weighted by Gasteiger charge is 2.16. The van der Waals surface area contributed by atoms with Crippen LogP contribution in [0.1, 0.15) is 5.69 Å². The van der Waals surface area contributed by atoms with Crippen molar-refractivity contribution in [3.63, 3.8) is 0 Å². The first-order valence-corrected chi connectivity index (χ1v) is 4.30. The summed E-state index contributed by atoms with van der Waals surface area (Å²) in [5.41, 5.74) is 2.81. The van der Waals surface area contributed by atoms with Gasteiger partial charge in [-0.25, -0.2) is 9.67 Å². The summed E-state index contributed by atoms with van der Waals surface area (Å²) >= 11 is 0. The monoisotopic (exact) mass is 192 g/mol. The Balaban J connectivity index is 2.62. The minimum atomic E-state index is 0.742. The van der Waals surface area contributed by atoms with Crippen LogP contribution in [0.2, 0.25) is 0 Å². The SMILES string of the molecule is COc1c(-c2cnc[nH]2)c(C)nn1C. The number of hydrogen-bond acceptors (Lipinski definition) is 3. The molecule has 0 radical (unpaired) electrons. The standard InChI is InChI=1S/C9H12N4O/c1-6-8(7-4-10-5-11-7)9(14-3)13(2)12-6/h4-5H,1-3H3,(H,10,11). The van der Waals surface area contributed by atoms with Crippen LogP contribution < -0.4 is 4.74 Å². The molecule has 0 amide bonds. The number of nitrogens with zero attached hydrogens (tertiary/aromatic N) is 3. The molecule has 0 aliphatic rings. The van der Waals surface area contributed by atoms with E-state index in [0.29, 0.717) is 0 Å². The number of aryl methyl sites for hydroxylation is 2. The van der Waals surface area contributed by atoms with E-state index in [1.807, 2.05) is 14.0 Å². The maximum Gasteiger partial charge on any atom is 0.221 e. The number of nitrogens with one attached hydrogen (secondary N) is 1. The van der Waals surface area contributed by atoms with Gasteiger partial charge in [0, 0.05) is 7.05 Å². The van der Waals surface area contributed by atoms with Crippen LogP contribution in [-0.2, 0) is 7.05 Å². The van der Waals surface area contributed by atoms with E-state index in [9.17, 15) is 0 Å². The van der Waals surface area contributed by atoms with Crippen molar-refractivity contribution in [2.75, 3.05) is 7.11 Å². The average molecular weight is 192 g/mol. The van der Waals surface area contributed by atoms with Gasteiger partial charge in [-0.2, -0.15) is 5.10 Å². The third-order valence-corrected chi connectivity index (χ3v) is 2.13. The number of rotatable bonds is 2. The van der Waals surface area contributed by atoms with Crippen molar-refractivity contribution in [3.8, 4) is 17.1 Å². The van der Waals surface area contributed by atoms with E-state index in [-0.39, 0.29) is 0 Å². The molecule has 0 atom stereocenters. The number of ether oxygens (including phenoxy) is 1. The second-order valence-electron chi connectivity index (χ2n) is 3.06. The second-order valence-corrected chi connectivity index (χ2v) is 3.06. The molecule has 2 heterocycles. The summed E-state index contributed by atoms with van der Waals surface area (Å²) in [6, 6.07) is 0. The Morgan fingerprint density at radius 2 is 2.29 bits per heavy atom. The van der Waals surface area contributed by atoms with Crippen LogP contribution in [0.5, 0.6) is 5.88 Å². The lowest BCUT2D eigenvalue weighted by atomic mass is 10.2. The first kappa shape index (κ1) is 8.80. The summed E-state index contributed by atoms with van der Waals surface area (Å²) in [4.78, 5) is 7.01. The molecule has 0 unspecified atom stereocenters. The lowest BCUT2D eigenvalue weighted by molar-refractivity contribution is 0.374. The first-order chi connectivity index (χ1) is 6.74. The van der Waals surface area contributed by atoms with Crippen molar-refractivity contribution in [2.45, 2.75) is 6.92 Å². The van der Waals surface area contributed by atoms with Crippen molar-refractivity contribution in [1.29, 1.82) is 0 Å². The van der Waals surface area contributed by atoms with Crippen LogP contribution in [0.15, 0.2) is 12.5 Å². The van der Waals surface area contributed by atoms with Gasteiger partial charge in [0.1, 0.15) is 0 Å². The summed E-state index contributed by atoms with van der Waals surface area (Å²) in [6.07, 6.45) is 3.40. The van der Waals surface area contributed by atoms with Crippen molar-refractivity contribution >= 4 is 0 Å². The van der Waals surface area contributed by atoms with Crippen LogP contribution in [0.25, 0.3) is 11.3 Å². The van der Waals surface area contributed by atoms with Crippen LogP contribution in [-0.4, -0.2) is 26.9 Å². The average Bonchev–Trinajstić information content (AvgIpc) is 2.72. The molecule has 2 aromatic heterocycles. The molecule has 5 nitrogen and oxygen atoms in total. The largest absolute Gasteiger partial charge is 0.481 e. The lowest BCUT2D eigenvalue weighted by Crippen LogP contribution is -1.95. The highest BCUT2D eigenvalue weighted by atomic mass is 16.5. The van der Waals surface area contributed by atoms with Gasteiger partial charge in [0.2, 0.25) is 5.88 Å². The Bertz CT molecular complexity index is 430. The number of H-pyrrole nitrogens is 1. The molecular weight excluding hydrogens is 180 g/mol. The van der Waals surface area contributed by atoms with Gasteiger partial charge >= 0.3 is 0 Å². The van der Waals surface area contributed by atoms with Crippen molar-refractivity contribution in [3.05, 3.63) is 18.2 Å². The summed E-state index contributed by atoms with van der Waals surface area (Å²) in [5, 5.41) is 4.28. The minimum Gasteiger partial charge on any atom is -0.481 e. The van der Waals surface area contributed by atoms with Gasteiger partial charge in [-0.05, 0) is 6.92 Å². The number of aromatic nitrogens is 4. The molecule has 0 aromatic carbocycles. The maximum absolute atomic E-state index is 5.27. The molecule has 0 saturated carbocycles. The van der Waals surface area contributed by atoms with Gasteiger partial charge in [0.25, 0.3) is 0 Å². The quantitative estimate of drug-likeness (QED) is 0.775. The molecule has 0 bridgehead atoms. The van der Waals surface area contributed by atoms with Gasteiger partial charge in [0.15, 0.2) is 0 Å². The highest BCUT2D eigenvalue weighted by Crippen LogP contribution is 2.30. The maximum atomic E-state index is 5.27. The molecule has 2 rings (SSSR count). The van der Waals surface area contributed by atoms with E-state index in [1.165, 1.54) is 0 Å². The third-order valence-electron chi connectivity index (χ3n) is 2.13. The third kappa shape index (κ3) is 1.17. The fraction of sp³-hybridized carbons (Fsp3) is 0.333. The fourth-order valence-corrected chi connectivity index (χ4v) is 1.57. The molecule has 74 valence electrons. The number of hydrogen-bond donors (Lipinski definition) is 1. The topological polar surface area (TPSA) is 55.7 Å². The number of methoxy groups -OCH3 is 1. The van der Waals surface area contributed by atoms with Crippen molar-refractivity contribution in [2.24, 2.45) is 7.05 Å². The van der Waals surface area contributed by atoms with Crippen LogP contribution >= 0.6 is 0 Å². The van der Waals surface area contributed by atoms with Crippen LogP contribution in [0, 0.1) is 6.92 Å². The van der Waals surface area contributed by atoms with Crippen molar-refractivity contribution < 1.29 is 4.74 Å². The second kappa shape index (κ2) is 3.17. The Morgan fingerprint density at radius 1 is 1.50 bits per heavy atom. The Morgan fingerprint density at radius 3 is 2.86 bits per heavy atom. The fourth-order valence-electron chi connectivity index (χ4n) is 1.57. The molecule has 0 spiro atoms. The molecular formula is C9H12N4O. The van der Waals surface area contributed by atoms with Crippen LogP contribution in [0.4, 0.5) is 0 Å². The molecule has 0 fully saturated rings. The van der Waals surface area contributed by atoms with E-state index < -0.39 is 0 Å². The van der Waals surface area contributed by atoms with Gasteiger partial charge in [-0.1, -0.05) is 0 Å². The molecule has 2 aromatic rings. The van der Waals surface area contributed by atoms with E-state index in [2.05, 4.69) is 15.1 Å². The van der Waals surface area contributed by atoms with Crippen LogP contribution in [0.3, 0.4) is 0 Å². The molecule has 0 aliphatic carbocycles. The number of imidazole rings is 1. The van der Waals surface area contributed by atoms with Gasteiger partial charge in [0.05, 0.1) is 36.6 Å². The summed E-state index contributed by atoms with van der Waals surface area (Å²) in [5.74, 6) is 0.742.